The van der Waals surface area contributed by atoms with Crippen molar-refractivity contribution >= 4 is 11.9 Å². The highest BCUT2D eigenvalue weighted by atomic mass is 16.3. The number of unbranched alkanes of at least 4 members (excludes halogenated alkanes) is 5. The first-order valence-electron chi connectivity index (χ1n) is 8.09. The SMILES string of the molecule is CCCCCCCCN=C(N)NCCNC(=O)c1ccco1. The zero-order valence-corrected chi connectivity index (χ0v) is 13.4. The number of hydrogen-bond acceptors (Lipinski definition) is 3. The van der Waals surface area contributed by atoms with Gasteiger partial charge < -0.3 is 20.8 Å². The molecule has 0 radical (unpaired) electrons. The molecule has 0 saturated carbocycles. The average Bonchev–Trinajstić information content (AvgIpc) is 3.05. The van der Waals surface area contributed by atoms with Gasteiger partial charge in [-0.05, 0) is 18.6 Å². The molecular formula is C16H28N4O2. The Kier molecular flexibility index (Phi) is 9.57. The monoisotopic (exact) mass is 308 g/mol. The van der Waals surface area contributed by atoms with Crippen LogP contribution in [0.1, 0.15) is 56.0 Å². The van der Waals surface area contributed by atoms with Gasteiger partial charge in [-0.15, -0.1) is 0 Å². The predicted molar refractivity (Wildman–Crippen MR) is 88.9 cm³/mol. The zero-order chi connectivity index (χ0) is 16.0. The van der Waals surface area contributed by atoms with Gasteiger partial charge in [0.25, 0.3) is 5.91 Å². The number of amides is 1. The summed E-state index contributed by atoms with van der Waals surface area (Å²) in [6.45, 7) is 3.97. The molecule has 0 aliphatic carbocycles. The molecule has 0 bridgehead atoms. The van der Waals surface area contributed by atoms with Crippen LogP contribution in [0.5, 0.6) is 0 Å². The fraction of sp³-hybridized carbons (Fsp3) is 0.625. The number of furan rings is 1. The Bertz CT molecular complexity index is 429. The van der Waals surface area contributed by atoms with Crippen LogP contribution in [0.4, 0.5) is 0 Å². The van der Waals surface area contributed by atoms with Gasteiger partial charge in [0.1, 0.15) is 0 Å². The first kappa shape index (κ1) is 18.1. The van der Waals surface area contributed by atoms with Crippen LogP contribution in [-0.2, 0) is 0 Å². The van der Waals surface area contributed by atoms with Crippen molar-refractivity contribution in [3.05, 3.63) is 24.2 Å². The summed E-state index contributed by atoms with van der Waals surface area (Å²) >= 11 is 0. The van der Waals surface area contributed by atoms with Crippen molar-refractivity contribution in [2.24, 2.45) is 10.7 Å². The summed E-state index contributed by atoms with van der Waals surface area (Å²) in [5.74, 6) is 0.514. The molecule has 0 aliphatic rings. The topological polar surface area (TPSA) is 92.6 Å². The van der Waals surface area contributed by atoms with E-state index in [1.54, 1.807) is 12.1 Å². The number of aliphatic imine (C=N–C) groups is 1. The number of carbonyl (C=O) groups is 1. The standard InChI is InChI=1S/C16H28N4O2/c1-2-3-4-5-6-7-10-19-16(17)20-12-11-18-15(21)14-9-8-13-22-14/h8-9,13H,2-7,10-12H2,1H3,(H,18,21)(H3,17,19,20). The molecule has 0 fully saturated rings. The van der Waals surface area contributed by atoms with Gasteiger partial charge in [0, 0.05) is 19.6 Å². The molecule has 6 heteroatoms. The Morgan fingerprint density at radius 3 is 2.64 bits per heavy atom. The van der Waals surface area contributed by atoms with E-state index in [1.807, 2.05) is 0 Å². The Balaban J connectivity index is 1.99. The maximum Gasteiger partial charge on any atom is 0.287 e. The maximum absolute atomic E-state index is 11.6. The molecule has 124 valence electrons. The summed E-state index contributed by atoms with van der Waals surface area (Å²) in [6, 6.07) is 3.30. The third kappa shape index (κ3) is 8.34. The Morgan fingerprint density at radius 2 is 1.91 bits per heavy atom. The molecule has 0 saturated heterocycles. The van der Waals surface area contributed by atoms with Crippen molar-refractivity contribution in [3.63, 3.8) is 0 Å². The lowest BCUT2D eigenvalue weighted by Crippen LogP contribution is -2.38. The molecule has 0 atom stereocenters. The smallest absolute Gasteiger partial charge is 0.287 e. The largest absolute Gasteiger partial charge is 0.459 e. The third-order valence-corrected chi connectivity index (χ3v) is 3.26. The van der Waals surface area contributed by atoms with Gasteiger partial charge in [0.05, 0.1) is 6.26 Å². The number of nitrogens with one attached hydrogen (secondary N) is 2. The van der Waals surface area contributed by atoms with E-state index in [9.17, 15) is 4.79 Å². The second kappa shape index (κ2) is 11.7. The molecule has 4 N–H and O–H groups in total. The molecule has 0 unspecified atom stereocenters. The van der Waals surface area contributed by atoms with Gasteiger partial charge in [-0.2, -0.15) is 0 Å². The van der Waals surface area contributed by atoms with Gasteiger partial charge in [-0.25, -0.2) is 0 Å². The highest BCUT2D eigenvalue weighted by molar-refractivity contribution is 5.91. The van der Waals surface area contributed by atoms with Crippen molar-refractivity contribution in [1.82, 2.24) is 10.6 Å². The van der Waals surface area contributed by atoms with Crippen LogP contribution >= 0.6 is 0 Å². The first-order valence-corrected chi connectivity index (χ1v) is 8.09. The predicted octanol–water partition coefficient (Wildman–Crippen LogP) is 2.27. The summed E-state index contributed by atoms with van der Waals surface area (Å²) in [4.78, 5) is 15.8. The second-order valence-electron chi connectivity index (χ2n) is 5.19. The van der Waals surface area contributed by atoms with Crippen LogP contribution in [0.3, 0.4) is 0 Å². The quantitative estimate of drug-likeness (QED) is 0.332. The third-order valence-electron chi connectivity index (χ3n) is 3.26. The van der Waals surface area contributed by atoms with Crippen molar-refractivity contribution in [3.8, 4) is 0 Å². The molecule has 1 aromatic rings. The maximum atomic E-state index is 11.6. The van der Waals surface area contributed by atoms with E-state index in [0.29, 0.717) is 24.8 Å². The number of hydrogen-bond donors (Lipinski definition) is 3. The Hall–Kier alpha value is -1.98. The molecule has 1 rings (SSSR count). The van der Waals surface area contributed by atoms with Crippen molar-refractivity contribution in [1.29, 1.82) is 0 Å². The zero-order valence-electron chi connectivity index (χ0n) is 13.4. The molecule has 1 amide bonds. The fourth-order valence-electron chi connectivity index (χ4n) is 2.01. The number of nitrogens with zero attached hydrogens (tertiary/aromatic N) is 1. The van der Waals surface area contributed by atoms with Crippen LogP contribution in [0.15, 0.2) is 27.8 Å². The van der Waals surface area contributed by atoms with Crippen LogP contribution in [0.25, 0.3) is 0 Å². The van der Waals surface area contributed by atoms with Crippen LogP contribution in [0, 0.1) is 0 Å². The lowest BCUT2D eigenvalue weighted by atomic mass is 10.1. The first-order chi connectivity index (χ1) is 10.7. The molecule has 0 spiro atoms. The molecule has 0 aliphatic heterocycles. The van der Waals surface area contributed by atoms with E-state index in [1.165, 1.54) is 38.4 Å². The number of nitrogens with two attached hydrogens (primary N) is 1. The van der Waals surface area contributed by atoms with E-state index in [2.05, 4.69) is 22.5 Å². The Morgan fingerprint density at radius 1 is 1.18 bits per heavy atom. The van der Waals surface area contributed by atoms with E-state index in [-0.39, 0.29) is 5.91 Å². The Labute approximate surface area is 132 Å². The fourth-order valence-corrected chi connectivity index (χ4v) is 2.01. The van der Waals surface area contributed by atoms with E-state index in [0.717, 1.165) is 13.0 Å². The molecule has 6 nitrogen and oxygen atoms in total. The molecule has 0 aromatic carbocycles. The molecule has 1 aromatic heterocycles. The minimum atomic E-state index is -0.227. The van der Waals surface area contributed by atoms with Crippen LogP contribution in [-0.4, -0.2) is 31.5 Å². The second-order valence-corrected chi connectivity index (χ2v) is 5.19. The van der Waals surface area contributed by atoms with Crippen molar-refractivity contribution in [2.45, 2.75) is 45.4 Å². The normalized spacial score (nSPS) is 11.4. The minimum absolute atomic E-state index is 0.227. The van der Waals surface area contributed by atoms with Gasteiger partial charge in [-0.1, -0.05) is 39.0 Å². The highest BCUT2D eigenvalue weighted by Crippen LogP contribution is 2.04. The average molecular weight is 308 g/mol. The highest BCUT2D eigenvalue weighted by Gasteiger charge is 2.06. The minimum Gasteiger partial charge on any atom is -0.459 e. The van der Waals surface area contributed by atoms with E-state index in [4.69, 9.17) is 10.2 Å². The van der Waals surface area contributed by atoms with Crippen molar-refractivity contribution in [2.75, 3.05) is 19.6 Å². The summed E-state index contributed by atoms with van der Waals surface area (Å²) < 4.78 is 4.99. The summed E-state index contributed by atoms with van der Waals surface area (Å²) in [6.07, 6.45) is 8.92. The van der Waals surface area contributed by atoms with Gasteiger partial charge in [-0.3, -0.25) is 9.79 Å². The van der Waals surface area contributed by atoms with Crippen LogP contribution in [0.2, 0.25) is 0 Å². The number of rotatable bonds is 11. The van der Waals surface area contributed by atoms with E-state index < -0.39 is 0 Å². The summed E-state index contributed by atoms with van der Waals surface area (Å²) in [5, 5.41) is 5.71. The van der Waals surface area contributed by atoms with Gasteiger partial charge >= 0.3 is 0 Å². The lowest BCUT2D eigenvalue weighted by Gasteiger charge is -2.06. The van der Waals surface area contributed by atoms with Gasteiger partial charge in [0.2, 0.25) is 0 Å². The summed E-state index contributed by atoms with van der Waals surface area (Å²) in [5.41, 5.74) is 5.76. The number of guanidine groups is 1. The molecule has 1 heterocycles. The molecular weight excluding hydrogens is 280 g/mol. The lowest BCUT2D eigenvalue weighted by molar-refractivity contribution is 0.0926. The van der Waals surface area contributed by atoms with E-state index >= 15 is 0 Å². The van der Waals surface area contributed by atoms with Crippen molar-refractivity contribution < 1.29 is 9.21 Å². The van der Waals surface area contributed by atoms with Gasteiger partial charge in [0.15, 0.2) is 11.7 Å². The van der Waals surface area contributed by atoms with Crippen LogP contribution < -0.4 is 16.4 Å². The summed E-state index contributed by atoms with van der Waals surface area (Å²) in [7, 11) is 0. The number of carbonyl (C=O) groups excluding carboxylic acids is 1. The molecule has 22 heavy (non-hydrogen) atoms.